The van der Waals surface area contributed by atoms with E-state index in [1.807, 2.05) is 0 Å². The minimum Gasteiger partial charge on any atom is -0.494 e. The molecule has 0 unspecified atom stereocenters. The highest BCUT2D eigenvalue weighted by Crippen LogP contribution is 2.25. The van der Waals surface area contributed by atoms with Crippen LogP contribution in [0, 0.1) is 5.82 Å². The lowest BCUT2D eigenvalue weighted by Gasteiger charge is -2.09. The summed E-state index contributed by atoms with van der Waals surface area (Å²) in [4.78, 5) is 26.3. The molecule has 1 aromatic heterocycles. The lowest BCUT2D eigenvalue weighted by molar-refractivity contribution is -0.135. The number of aromatic nitrogens is 1. The molecule has 0 aliphatic carbocycles. The number of carbonyl (C=O) groups is 2. The van der Waals surface area contributed by atoms with Gasteiger partial charge >= 0.3 is 5.97 Å². The third kappa shape index (κ3) is 3.57. The van der Waals surface area contributed by atoms with Crippen LogP contribution < -0.4 is 10.1 Å². The zero-order valence-corrected chi connectivity index (χ0v) is 11.7. The van der Waals surface area contributed by atoms with Gasteiger partial charge in [0.1, 0.15) is 12.4 Å². The molecule has 1 aromatic carbocycles. The summed E-state index contributed by atoms with van der Waals surface area (Å²) in [6.45, 7) is -0.519. The fourth-order valence-electron chi connectivity index (χ4n) is 1.84. The first-order valence-electron chi connectivity index (χ1n) is 6.31. The molecular formula is C15H13FN2O4. The van der Waals surface area contributed by atoms with Crippen LogP contribution in [0.5, 0.6) is 5.75 Å². The van der Waals surface area contributed by atoms with E-state index in [0.29, 0.717) is 11.1 Å². The van der Waals surface area contributed by atoms with Crippen molar-refractivity contribution in [3.8, 4) is 16.9 Å². The fraction of sp³-hybridized carbons (Fsp3) is 0.133. The Morgan fingerprint density at radius 1 is 1.32 bits per heavy atom. The fourth-order valence-corrected chi connectivity index (χ4v) is 1.84. The second-order valence-electron chi connectivity index (χ2n) is 4.36. The van der Waals surface area contributed by atoms with Gasteiger partial charge in [0.2, 0.25) is 0 Å². The molecule has 0 saturated heterocycles. The number of pyridine rings is 1. The molecule has 0 radical (unpaired) electrons. The summed E-state index contributed by atoms with van der Waals surface area (Å²) >= 11 is 0. The average molecular weight is 304 g/mol. The number of hydrogen-bond donors (Lipinski definition) is 2. The number of carboxylic acids is 1. The zero-order valence-electron chi connectivity index (χ0n) is 11.7. The molecule has 7 heteroatoms. The Balaban J connectivity index is 2.31. The van der Waals surface area contributed by atoms with Crippen LogP contribution in [0.15, 0.2) is 36.5 Å². The summed E-state index contributed by atoms with van der Waals surface area (Å²) in [7, 11) is 1.36. The molecule has 0 spiro atoms. The van der Waals surface area contributed by atoms with E-state index in [0.717, 1.165) is 0 Å². The number of nitrogens with one attached hydrogen (secondary N) is 1. The number of nitrogens with zero attached hydrogens (tertiary/aromatic N) is 1. The van der Waals surface area contributed by atoms with E-state index in [1.54, 1.807) is 12.1 Å². The quantitative estimate of drug-likeness (QED) is 0.878. The molecule has 0 aliphatic heterocycles. The van der Waals surface area contributed by atoms with Crippen LogP contribution in [0.4, 0.5) is 4.39 Å². The van der Waals surface area contributed by atoms with Crippen molar-refractivity contribution >= 4 is 11.9 Å². The maximum absolute atomic E-state index is 13.2. The monoisotopic (exact) mass is 304 g/mol. The Morgan fingerprint density at radius 3 is 2.73 bits per heavy atom. The number of hydrogen-bond acceptors (Lipinski definition) is 4. The highest BCUT2D eigenvalue weighted by Gasteiger charge is 2.16. The molecule has 0 fully saturated rings. The van der Waals surface area contributed by atoms with Gasteiger partial charge < -0.3 is 15.2 Å². The van der Waals surface area contributed by atoms with Crippen molar-refractivity contribution in [2.24, 2.45) is 0 Å². The van der Waals surface area contributed by atoms with E-state index >= 15 is 0 Å². The Bertz CT molecular complexity index is 718. The average Bonchev–Trinajstić information content (AvgIpc) is 2.52. The molecule has 1 heterocycles. The molecular weight excluding hydrogens is 291 g/mol. The van der Waals surface area contributed by atoms with Crippen molar-refractivity contribution in [1.82, 2.24) is 10.3 Å². The molecule has 2 rings (SSSR count). The minimum atomic E-state index is -1.16. The minimum absolute atomic E-state index is 0.0381. The molecule has 0 atom stereocenters. The molecule has 1 amide bonds. The first-order valence-corrected chi connectivity index (χ1v) is 6.31. The SMILES string of the molecule is COc1cc(-c2cccc(F)c2)cnc1C(=O)NCC(=O)O. The summed E-state index contributed by atoms with van der Waals surface area (Å²) in [5.74, 6) is -2.04. The van der Waals surface area contributed by atoms with E-state index in [1.165, 1.54) is 31.5 Å². The van der Waals surface area contributed by atoms with Gasteiger partial charge in [-0.2, -0.15) is 0 Å². The van der Waals surface area contributed by atoms with Gasteiger partial charge in [-0.05, 0) is 23.8 Å². The van der Waals surface area contributed by atoms with Crippen LogP contribution in [0.1, 0.15) is 10.5 Å². The predicted octanol–water partition coefficient (Wildman–Crippen LogP) is 1.71. The Hall–Kier alpha value is -2.96. The van der Waals surface area contributed by atoms with Gasteiger partial charge in [-0.25, -0.2) is 9.37 Å². The molecule has 0 saturated carbocycles. The number of carboxylic acid groups (broad SMARTS) is 1. The van der Waals surface area contributed by atoms with Gasteiger partial charge in [0.05, 0.1) is 7.11 Å². The molecule has 0 aliphatic rings. The molecule has 114 valence electrons. The van der Waals surface area contributed by atoms with Crippen LogP contribution in [0.2, 0.25) is 0 Å². The number of rotatable bonds is 5. The van der Waals surface area contributed by atoms with Crippen LogP contribution in [-0.2, 0) is 4.79 Å². The van der Waals surface area contributed by atoms with E-state index in [2.05, 4.69) is 10.3 Å². The zero-order chi connectivity index (χ0) is 16.1. The van der Waals surface area contributed by atoms with Gasteiger partial charge in [-0.1, -0.05) is 12.1 Å². The van der Waals surface area contributed by atoms with E-state index in [9.17, 15) is 14.0 Å². The Morgan fingerprint density at radius 2 is 2.09 bits per heavy atom. The molecule has 22 heavy (non-hydrogen) atoms. The topological polar surface area (TPSA) is 88.5 Å². The number of carbonyl (C=O) groups excluding carboxylic acids is 1. The number of ether oxygens (including phenoxy) is 1. The second kappa shape index (κ2) is 6.66. The van der Waals surface area contributed by atoms with Crippen LogP contribution >= 0.6 is 0 Å². The number of benzene rings is 1. The molecule has 6 nitrogen and oxygen atoms in total. The lowest BCUT2D eigenvalue weighted by Crippen LogP contribution is -2.30. The van der Waals surface area contributed by atoms with Crippen molar-refractivity contribution in [2.45, 2.75) is 0 Å². The summed E-state index contributed by atoms with van der Waals surface area (Å²) in [6.07, 6.45) is 1.40. The number of aliphatic carboxylic acids is 1. The highest BCUT2D eigenvalue weighted by molar-refractivity contribution is 5.96. The van der Waals surface area contributed by atoms with Crippen molar-refractivity contribution < 1.29 is 23.8 Å². The second-order valence-corrected chi connectivity index (χ2v) is 4.36. The summed E-state index contributed by atoms with van der Waals surface area (Å²) in [5.41, 5.74) is 1.12. The summed E-state index contributed by atoms with van der Waals surface area (Å²) in [6, 6.07) is 7.45. The molecule has 0 bridgehead atoms. The first-order chi connectivity index (χ1) is 10.5. The van der Waals surface area contributed by atoms with E-state index in [-0.39, 0.29) is 17.3 Å². The van der Waals surface area contributed by atoms with E-state index < -0.39 is 18.4 Å². The maximum atomic E-state index is 13.2. The van der Waals surface area contributed by atoms with Crippen molar-refractivity contribution in [3.63, 3.8) is 0 Å². The van der Waals surface area contributed by atoms with Crippen molar-refractivity contribution in [3.05, 3.63) is 48.0 Å². The predicted molar refractivity (Wildman–Crippen MR) is 76.2 cm³/mol. The van der Waals surface area contributed by atoms with Crippen molar-refractivity contribution in [1.29, 1.82) is 0 Å². The first kappa shape index (κ1) is 15.4. The van der Waals surface area contributed by atoms with Crippen LogP contribution in [-0.4, -0.2) is 35.6 Å². The number of halogens is 1. The molecule has 2 aromatic rings. The number of amides is 1. The molecule has 2 N–H and O–H groups in total. The Kier molecular flexibility index (Phi) is 4.67. The van der Waals surface area contributed by atoms with Crippen LogP contribution in [0.3, 0.4) is 0 Å². The van der Waals surface area contributed by atoms with Gasteiger partial charge in [0.25, 0.3) is 5.91 Å². The van der Waals surface area contributed by atoms with Crippen molar-refractivity contribution in [2.75, 3.05) is 13.7 Å². The standard InChI is InChI=1S/C15H13FN2O4/c1-22-12-6-10(9-3-2-4-11(16)5-9)7-17-14(12)15(21)18-8-13(19)20/h2-7H,8H2,1H3,(H,18,21)(H,19,20). The highest BCUT2D eigenvalue weighted by atomic mass is 19.1. The summed E-state index contributed by atoms with van der Waals surface area (Å²) < 4.78 is 18.3. The smallest absolute Gasteiger partial charge is 0.322 e. The van der Waals surface area contributed by atoms with Gasteiger partial charge in [0.15, 0.2) is 11.4 Å². The third-order valence-electron chi connectivity index (χ3n) is 2.85. The van der Waals surface area contributed by atoms with Gasteiger partial charge in [0, 0.05) is 11.8 Å². The van der Waals surface area contributed by atoms with Crippen LogP contribution in [0.25, 0.3) is 11.1 Å². The number of methoxy groups -OCH3 is 1. The normalized spacial score (nSPS) is 10.1. The van der Waals surface area contributed by atoms with Gasteiger partial charge in [-0.15, -0.1) is 0 Å². The Labute approximate surface area is 125 Å². The maximum Gasteiger partial charge on any atom is 0.322 e. The van der Waals surface area contributed by atoms with Gasteiger partial charge in [-0.3, -0.25) is 9.59 Å². The lowest BCUT2D eigenvalue weighted by atomic mass is 10.1. The third-order valence-corrected chi connectivity index (χ3v) is 2.85. The largest absolute Gasteiger partial charge is 0.494 e. The summed E-state index contributed by atoms with van der Waals surface area (Å²) in [5, 5.41) is 10.8. The van der Waals surface area contributed by atoms with E-state index in [4.69, 9.17) is 9.84 Å².